The van der Waals surface area contributed by atoms with E-state index < -0.39 is 27.6 Å². The maximum atomic E-state index is 13.4. The van der Waals surface area contributed by atoms with Gasteiger partial charge in [0.2, 0.25) is 0 Å². The van der Waals surface area contributed by atoms with Gasteiger partial charge in [0, 0.05) is 25.2 Å². The molecule has 0 unspecified atom stereocenters. The summed E-state index contributed by atoms with van der Waals surface area (Å²) in [4.78, 5) is 12.6. The van der Waals surface area contributed by atoms with Gasteiger partial charge in [-0.05, 0) is 54.4 Å². The fraction of sp³-hybridized carbons (Fsp3) is 0.174. The highest BCUT2D eigenvalue weighted by molar-refractivity contribution is 7.92. The maximum Gasteiger partial charge on any atom is 0.264 e. The number of halogens is 2. The zero-order valence-corrected chi connectivity index (χ0v) is 18.5. The second-order valence-electron chi connectivity index (χ2n) is 7.08. The van der Waals surface area contributed by atoms with Crippen molar-refractivity contribution in [3.8, 4) is 5.75 Å². The summed E-state index contributed by atoms with van der Waals surface area (Å²) >= 11 is 0. The molecule has 0 saturated heterocycles. The van der Waals surface area contributed by atoms with Crippen LogP contribution in [0.4, 0.5) is 14.5 Å². The first-order valence-electron chi connectivity index (χ1n) is 9.59. The number of hydrogen-bond donors (Lipinski definition) is 1. The highest BCUT2D eigenvalue weighted by Gasteiger charge is 2.25. The second-order valence-corrected chi connectivity index (χ2v) is 9.05. The Labute approximate surface area is 185 Å². The van der Waals surface area contributed by atoms with Crippen LogP contribution in [0, 0.1) is 18.6 Å². The monoisotopic (exact) mass is 460 g/mol. The van der Waals surface area contributed by atoms with E-state index in [4.69, 9.17) is 4.74 Å². The number of benzene rings is 3. The molecule has 6 nitrogen and oxygen atoms in total. The molecule has 0 heterocycles. The Balaban J connectivity index is 1.87. The standard InChI is InChI=1S/C23H22F2N2O4S/c1-15-8-9-19(32(29,30)27(2)21-6-4-5-7-22(21)31-3)13-20(15)23(28)26-14-16-10-17(24)12-18(25)11-16/h4-13H,14H2,1-3H3,(H,26,28). The quantitative estimate of drug-likeness (QED) is 0.578. The average Bonchev–Trinajstić information content (AvgIpc) is 2.76. The highest BCUT2D eigenvalue weighted by atomic mass is 32.2. The summed E-state index contributed by atoms with van der Waals surface area (Å²) in [6, 6.07) is 13.8. The lowest BCUT2D eigenvalue weighted by molar-refractivity contribution is 0.0950. The van der Waals surface area contributed by atoms with E-state index in [1.807, 2.05) is 0 Å². The summed E-state index contributed by atoms with van der Waals surface area (Å²) in [5, 5.41) is 2.57. The molecule has 1 N–H and O–H groups in total. The van der Waals surface area contributed by atoms with Gasteiger partial charge in [0.15, 0.2) is 0 Å². The first kappa shape index (κ1) is 23.2. The van der Waals surface area contributed by atoms with Gasteiger partial charge in [0.25, 0.3) is 15.9 Å². The van der Waals surface area contributed by atoms with E-state index in [1.54, 1.807) is 31.2 Å². The van der Waals surface area contributed by atoms with E-state index in [0.29, 0.717) is 17.0 Å². The number of nitrogens with zero attached hydrogens (tertiary/aromatic N) is 1. The Hall–Kier alpha value is -3.46. The summed E-state index contributed by atoms with van der Waals surface area (Å²) in [5.74, 6) is -1.69. The topological polar surface area (TPSA) is 75.7 Å². The number of sulfonamides is 1. The van der Waals surface area contributed by atoms with Gasteiger partial charge in [-0.15, -0.1) is 0 Å². The number of rotatable bonds is 7. The highest BCUT2D eigenvalue weighted by Crippen LogP contribution is 2.31. The molecule has 0 aliphatic carbocycles. The number of amides is 1. The Kier molecular flexibility index (Phi) is 6.78. The number of aryl methyl sites for hydroxylation is 1. The Morgan fingerprint density at radius 1 is 1.03 bits per heavy atom. The molecule has 0 spiro atoms. The molecule has 1 amide bonds. The van der Waals surface area contributed by atoms with Crippen LogP contribution in [0.25, 0.3) is 0 Å². The van der Waals surface area contributed by atoms with Crippen LogP contribution < -0.4 is 14.4 Å². The molecule has 0 atom stereocenters. The first-order chi connectivity index (χ1) is 15.1. The minimum Gasteiger partial charge on any atom is -0.495 e. The predicted octanol–water partition coefficient (Wildman–Crippen LogP) is 4.04. The van der Waals surface area contributed by atoms with Crippen molar-refractivity contribution in [2.24, 2.45) is 0 Å². The van der Waals surface area contributed by atoms with Crippen molar-refractivity contribution >= 4 is 21.6 Å². The number of ether oxygens (including phenoxy) is 1. The predicted molar refractivity (Wildman–Crippen MR) is 117 cm³/mol. The van der Waals surface area contributed by atoms with Gasteiger partial charge in [0.1, 0.15) is 17.4 Å². The van der Waals surface area contributed by atoms with Gasteiger partial charge in [-0.1, -0.05) is 18.2 Å². The maximum absolute atomic E-state index is 13.4. The van der Waals surface area contributed by atoms with Gasteiger partial charge in [-0.25, -0.2) is 17.2 Å². The number of para-hydroxylation sites is 2. The molecule has 0 aliphatic heterocycles. The van der Waals surface area contributed by atoms with Crippen molar-refractivity contribution < 1.29 is 26.7 Å². The molecule has 3 aromatic carbocycles. The molecule has 0 aliphatic rings. The molecule has 0 aromatic heterocycles. The summed E-state index contributed by atoms with van der Waals surface area (Å²) in [6.07, 6.45) is 0. The lowest BCUT2D eigenvalue weighted by Gasteiger charge is -2.22. The first-order valence-corrected chi connectivity index (χ1v) is 11.0. The summed E-state index contributed by atoms with van der Waals surface area (Å²) in [7, 11) is -1.16. The van der Waals surface area contributed by atoms with Crippen LogP contribution in [-0.2, 0) is 16.6 Å². The van der Waals surface area contributed by atoms with Crippen molar-refractivity contribution in [2.75, 3.05) is 18.5 Å². The Bertz CT molecular complexity index is 1240. The zero-order chi connectivity index (χ0) is 23.5. The molecule has 0 radical (unpaired) electrons. The summed E-state index contributed by atoms with van der Waals surface area (Å²) in [5.41, 5.74) is 1.27. The second kappa shape index (κ2) is 9.35. The van der Waals surface area contributed by atoms with Gasteiger partial charge in [-0.3, -0.25) is 9.10 Å². The van der Waals surface area contributed by atoms with Gasteiger partial charge in [0.05, 0.1) is 17.7 Å². The van der Waals surface area contributed by atoms with Crippen LogP contribution in [0.2, 0.25) is 0 Å². The minimum atomic E-state index is -4.00. The normalized spacial score (nSPS) is 11.2. The van der Waals surface area contributed by atoms with Crippen molar-refractivity contribution in [3.63, 3.8) is 0 Å². The van der Waals surface area contributed by atoms with Crippen LogP contribution in [0.5, 0.6) is 5.75 Å². The smallest absolute Gasteiger partial charge is 0.264 e. The van der Waals surface area contributed by atoms with Crippen molar-refractivity contribution in [1.29, 1.82) is 0 Å². The summed E-state index contributed by atoms with van der Waals surface area (Å²) < 4.78 is 59.4. The van der Waals surface area contributed by atoms with Crippen molar-refractivity contribution in [1.82, 2.24) is 5.32 Å². The van der Waals surface area contributed by atoms with E-state index in [9.17, 15) is 22.0 Å². The zero-order valence-electron chi connectivity index (χ0n) is 17.7. The number of nitrogens with one attached hydrogen (secondary N) is 1. The lowest BCUT2D eigenvalue weighted by Crippen LogP contribution is -2.28. The Morgan fingerprint density at radius 2 is 1.69 bits per heavy atom. The number of hydrogen-bond acceptors (Lipinski definition) is 4. The molecule has 0 saturated carbocycles. The number of methoxy groups -OCH3 is 1. The van der Waals surface area contributed by atoms with E-state index in [-0.39, 0.29) is 22.6 Å². The summed E-state index contributed by atoms with van der Waals surface area (Å²) in [6.45, 7) is 1.54. The van der Waals surface area contributed by atoms with Crippen LogP contribution in [0.15, 0.2) is 65.6 Å². The van der Waals surface area contributed by atoms with Gasteiger partial charge >= 0.3 is 0 Å². The van der Waals surface area contributed by atoms with E-state index in [2.05, 4.69) is 5.32 Å². The van der Waals surface area contributed by atoms with Gasteiger partial charge < -0.3 is 10.1 Å². The molecule has 3 rings (SSSR count). The van der Waals surface area contributed by atoms with Crippen LogP contribution in [0.1, 0.15) is 21.5 Å². The van der Waals surface area contributed by atoms with E-state index in [0.717, 1.165) is 22.5 Å². The third-order valence-electron chi connectivity index (χ3n) is 4.91. The SMILES string of the molecule is COc1ccccc1N(C)S(=O)(=O)c1ccc(C)c(C(=O)NCc2cc(F)cc(F)c2)c1. The van der Waals surface area contributed by atoms with Crippen molar-refractivity contribution in [3.05, 3.63) is 89.0 Å². The number of carbonyl (C=O) groups excluding carboxylic acids is 1. The van der Waals surface area contributed by atoms with Crippen LogP contribution in [0.3, 0.4) is 0 Å². The molecular formula is C23H22F2N2O4S. The number of anilines is 1. The average molecular weight is 461 g/mol. The fourth-order valence-electron chi connectivity index (χ4n) is 3.17. The number of carbonyl (C=O) groups is 1. The molecular weight excluding hydrogens is 438 g/mol. The van der Waals surface area contributed by atoms with Gasteiger partial charge in [-0.2, -0.15) is 0 Å². The van der Waals surface area contributed by atoms with E-state index in [1.165, 1.54) is 32.4 Å². The largest absolute Gasteiger partial charge is 0.495 e. The molecule has 0 bridgehead atoms. The molecule has 32 heavy (non-hydrogen) atoms. The molecule has 168 valence electrons. The van der Waals surface area contributed by atoms with Crippen LogP contribution >= 0.6 is 0 Å². The lowest BCUT2D eigenvalue weighted by atomic mass is 10.1. The third kappa shape index (κ3) is 4.88. The Morgan fingerprint density at radius 3 is 2.34 bits per heavy atom. The van der Waals surface area contributed by atoms with Crippen molar-refractivity contribution in [2.45, 2.75) is 18.4 Å². The third-order valence-corrected chi connectivity index (χ3v) is 6.68. The van der Waals surface area contributed by atoms with E-state index >= 15 is 0 Å². The molecule has 0 fully saturated rings. The van der Waals surface area contributed by atoms with Crippen LogP contribution in [-0.4, -0.2) is 28.5 Å². The minimum absolute atomic E-state index is 0.0848. The fourth-order valence-corrected chi connectivity index (χ4v) is 4.41. The molecule has 3 aromatic rings. The molecule has 9 heteroatoms.